The van der Waals surface area contributed by atoms with Gasteiger partial charge in [0.25, 0.3) is 0 Å². The van der Waals surface area contributed by atoms with Crippen LogP contribution in [0.5, 0.6) is 0 Å². The van der Waals surface area contributed by atoms with Crippen molar-refractivity contribution in [1.82, 2.24) is 19.7 Å². The Kier molecular flexibility index (Phi) is 5.97. The SMILES string of the molecule is CCCNC(CC)CCCn1ncn(C)c1=O. The number of hydrogen-bond donors (Lipinski definition) is 1. The van der Waals surface area contributed by atoms with Crippen LogP contribution >= 0.6 is 0 Å². The first-order chi connectivity index (χ1) is 8.19. The molecule has 1 N–H and O–H groups in total. The Labute approximate surface area is 103 Å². The normalized spacial score (nSPS) is 12.9. The van der Waals surface area contributed by atoms with Crippen molar-refractivity contribution in [3.8, 4) is 0 Å². The average Bonchev–Trinajstić information content (AvgIpc) is 2.65. The lowest BCUT2D eigenvalue weighted by atomic mass is 10.1. The highest BCUT2D eigenvalue weighted by atomic mass is 16.2. The molecule has 0 aliphatic carbocycles. The molecule has 0 fully saturated rings. The van der Waals surface area contributed by atoms with Gasteiger partial charge in [0, 0.05) is 19.6 Å². The molecule has 1 aromatic heterocycles. The molecule has 98 valence electrons. The van der Waals surface area contributed by atoms with Crippen molar-refractivity contribution in [2.75, 3.05) is 6.54 Å². The molecule has 1 heterocycles. The van der Waals surface area contributed by atoms with E-state index in [9.17, 15) is 4.79 Å². The third kappa shape index (κ3) is 4.34. The molecule has 0 aliphatic heterocycles. The second kappa shape index (κ2) is 7.27. The minimum Gasteiger partial charge on any atom is -0.314 e. The smallest absolute Gasteiger partial charge is 0.314 e. The minimum absolute atomic E-state index is 0.0282. The summed E-state index contributed by atoms with van der Waals surface area (Å²) in [6.07, 6.45) is 5.95. The van der Waals surface area contributed by atoms with Gasteiger partial charge < -0.3 is 5.32 Å². The zero-order valence-electron chi connectivity index (χ0n) is 11.1. The number of nitrogens with zero attached hydrogens (tertiary/aromatic N) is 3. The molecule has 17 heavy (non-hydrogen) atoms. The molecular weight excluding hydrogens is 216 g/mol. The van der Waals surface area contributed by atoms with Crippen molar-refractivity contribution in [2.45, 2.75) is 52.1 Å². The van der Waals surface area contributed by atoms with Crippen LogP contribution in [-0.4, -0.2) is 26.9 Å². The molecule has 1 unspecified atom stereocenters. The van der Waals surface area contributed by atoms with Crippen LogP contribution in [0.2, 0.25) is 0 Å². The summed E-state index contributed by atoms with van der Waals surface area (Å²) in [5.41, 5.74) is -0.0282. The maximum Gasteiger partial charge on any atom is 0.345 e. The lowest BCUT2D eigenvalue weighted by molar-refractivity contribution is 0.427. The first-order valence-electron chi connectivity index (χ1n) is 6.50. The molecule has 0 saturated heterocycles. The number of rotatable bonds is 8. The van der Waals surface area contributed by atoms with Gasteiger partial charge in [0.05, 0.1) is 0 Å². The van der Waals surface area contributed by atoms with Crippen LogP contribution in [0, 0.1) is 0 Å². The molecule has 0 spiro atoms. The summed E-state index contributed by atoms with van der Waals surface area (Å²) in [6, 6.07) is 0.564. The van der Waals surface area contributed by atoms with Gasteiger partial charge in [-0.05, 0) is 32.2 Å². The fourth-order valence-corrected chi connectivity index (χ4v) is 1.86. The van der Waals surface area contributed by atoms with Gasteiger partial charge in [0.2, 0.25) is 0 Å². The highest BCUT2D eigenvalue weighted by Gasteiger charge is 2.06. The molecule has 0 radical (unpaired) electrons. The monoisotopic (exact) mass is 240 g/mol. The van der Waals surface area contributed by atoms with Gasteiger partial charge in [-0.25, -0.2) is 9.48 Å². The van der Waals surface area contributed by atoms with Crippen LogP contribution in [0.4, 0.5) is 0 Å². The molecule has 5 heteroatoms. The molecule has 0 amide bonds. The van der Waals surface area contributed by atoms with E-state index < -0.39 is 0 Å². The molecule has 1 atom stereocenters. The maximum absolute atomic E-state index is 11.5. The Morgan fingerprint density at radius 2 is 2.24 bits per heavy atom. The molecule has 0 aliphatic rings. The summed E-state index contributed by atoms with van der Waals surface area (Å²) in [5.74, 6) is 0. The summed E-state index contributed by atoms with van der Waals surface area (Å²) in [7, 11) is 1.73. The quantitative estimate of drug-likeness (QED) is 0.741. The second-order valence-corrected chi connectivity index (χ2v) is 4.45. The Morgan fingerprint density at radius 3 is 2.76 bits per heavy atom. The number of hydrogen-bond acceptors (Lipinski definition) is 3. The molecule has 5 nitrogen and oxygen atoms in total. The van der Waals surface area contributed by atoms with Crippen LogP contribution in [0.1, 0.15) is 39.5 Å². The third-order valence-corrected chi connectivity index (χ3v) is 2.99. The maximum atomic E-state index is 11.5. The molecule has 1 aromatic rings. The first-order valence-corrected chi connectivity index (χ1v) is 6.50. The van der Waals surface area contributed by atoms with Crippen molar-refractivity contribution in [1.29, 1.82) is 0 Å². The van der Waals surface area contributed by atoms with E-state index in [2.05, 4.69) is 24.3 Å². The second-order valence-electron chi connectivity index (χ2n) is 4.45. The third-order valence-electron chi connectivity index (χ3n) is 2.99. The Morgan fingerprint density at radius 1 is 1.47 bits per heavy atom. The standard InChI is InChI=1S/C12H24N4O/c1-4-8-13-11(5-2)7-6-9-16-12(17)15(3)10-14-16/h10-11,13H,4-9H2,1-3H3. The average molecular weight is 240 g/mol. The van der Waals surface area contributed by atoms with Crippen LogP contribution in [0.25, 0.3) is 0 Å². The van der Waals surface area contributed by atoms with Crippen molar-refractivity contribution >= 4 is 0 Å². The first kappa shape index (κ1) is 14.0. The molecule has 0 bridgehead atoms. The van der Waals surface area contributed by atoms with Gasteiger partial charge in [0.1, 0.15) is 6.33 Å². The summed E-state index contributed by atoms with van der Waals surface area (Å²) >= 11 is 0. The predicted molar refractivity (Wildman–Crippen MR) is 69.1 cm³/mol. The predicted octanol–water partition coefficient (Wildman–Crippen LogP) is 1.14. The van der Waals surface area contributed by atoms with E-state index in [4.69, 9.17) is 0 Å². The van der Waals surface area contributed by atoms with E-state index in [1.165, 1.54) is 9.25 Å². The Balaban J connectivity index is 2.31. The zero-order chi connectivity index (χ0) is 12.7. The Bertz CT molecular complexity index is 369. The van der Waals surface area contributed by atoms with Crippen LogP contribution < -0.4 is 11.0 Å². The van der Waals surface area contributed by atoms with Gasteiger partial charge in [-0.2, -0.15) is 5.10 Å². The highest BCUT2D eigenvalue weighted by molar-refractivity contribution is 4.68. The summed E-state index contributed by atoms with van der Waals surface area (Å²) < 4.78 is 3.04. The van der Waals surface area contributed by atoms with Gasteiger partial charge in [-0.3, -0.25) is 4.57 Å². The van der Waals surface area contributed by atoms with Crippen molar-refractivity contribution < 1.29 is 0 Å². The highest BCUT2D eigenvalue weighted by Crippen LogP contribution is 2.02. The van der Waals surface area contributed by atoms with E-state index in [1.807, 2.05) is 0 Å². The number of aromatic nitrogens is 3. The number of nitrogens with one attached hydrogen (secondary N) is 1. The lowest BCUT2D eigenvalue weighted by Crippen LogP contribution is -2.30. The fourth-order valence-electron chi connectivity index (χ4n) is 1.86. The van der Waals surface area contributed by atoms with E-state index in [0.29, 0.717) is 12.6 Å². The molecular formula is C12H24N4O. The minimum atomic E-state index is -0.0282. The van der Waals surface area contributed by atoms with Crippen molar-refractivity contribution in [3.05, 3.63) is 16.8 Å². The molecule has 0 saturated carbocycles. The lowest BCUT2D eigenvalue weighted by Gasteiger charge is -2.15. The summed E-state index contributed by atoms with van der Waals surface area (Å²) in [4.78, 5) is 11.5. The topological polar surface area (TPSA) is 51.9 Å². The van der Waals surface area contributed by atoms with Crippen LogP contribution in [0.15, 0.2) is 11.1 Å². The van der Waals surface area contributed by atoms with E-state index >= 15 is 0 Å². The molecule has 0 aromatic carbocycles. The van der Waals surface area contributed by atoms with E-state index in [0.717, 1.165) is 32.2 Å². The zero-order valence-corrected chi connectivity index (χ0v) is 11.1. The summed E-state index contributed by atoms with van der Waals surface area (Å²) in [5, 5.41) is 7.56. The largest absolute Gasteiger partial charge is 0.345 e. The van der Waals surface area contributed by atoms with Gasteiger partial charge in [0.15, 0.2) is 0 Å². The van der Waals surface area contributed by atoms with Crippen LogP contribution in [0.3, 0.4) is 0 Å². The van der Waals surface area contributed by atoms with Crippen molar-refractivity contribution in [2.24, 2.45) is 7.05 Å². The van der Waals surface area contributed by atoms with Gasteiger partial charge >= 0.3 is 5.69 Å². The fraction of sp³-hybridized carbons (Fsp3) is 0.833. The van der Waals surface area contributed by atoms with Crippen LogP contribution in [-0.2, 0) is 13.6 Å². The summed E-state index contributed by atoms with van der Waals surface area (Å²) in [6.45, 7) is 6.15. The van der Waals surface area contributed by atoms with E-state index in [1.54, 1.807) is 13.4 Å². The number of aryl methyl sites for hydroxylation is 2. The van der Waals surface area contributed by atoms with Gasteiger partial charge in [-0.1, -0.05) is 13.8 Å². The Hall–Kier alpha value is -1.10. The van der Waals surface area contributed by atoms with E-state index in [-0.39, 0.29) is 5.69 Å². The molecule has 1 rings (SSSR count). The van der Waals surface area contributed by atoms with Crippen molar-refractivity contribution in [3.63, 3.8) is 0 Å². The van der Waals surface area contributed by atoms with Gasteiger partial charge in [-0.15, -0.1) is 0 Å².